The highest BCUT2D eigenvalue weighted by Crippen LogP contribution is 2.38. The molecule has 5 rings (SSSR count). The minimum Gasteiger partial charge on any atom is -0.481 e. The fourth-order valence-corrected chi connectivity index (χ4v) is 4.54. The van der Waals surface area contributed by atoms with Crippen LogP contribution in [0.4, 0.5) is 36.2 Å². The normalized spacial score (nSPS) is 13.3. The van der Waals surface area contributed by atoms with Crippen LogP contribution in [0.5, 0.6) is 5.88 Å². The Morgan fingerprint density at radius 2 is 1.82 bits per heavy atom. The largest absolute Gasteiger partial charge is 0.481 e. The van der Waals surface area contributed by atoms with Gasteiger partial charge in [0.25, 0.3) is 5.91 Å². The first kappa shape index (κ1) is 27.0. The van der Waals surface area contributed by atoms with E-state index in [4.69, 9.17) is 4.74 Å². The van der Waals surface area contributed by atoms with E-state index in [2.05, 4.69) is 30.8 Å². The highest BCUT2D eigenvalue weighted by atomic mass is 19.4. The average molecular weight is 552 g/mol. The monoisotopic (exact) mass is 551 g/mol. The molecule has 208 valence electrons. The minimum atomic E-state index is -4.58. The number of carbonyl (C=O) groups excluding carboxylic acids is 1. The molecule has 0 aliphatic carbocycles. The number of anilines is 4. The van der Waals surface area contributed by atoms with Crippen molar-refractivity contribution in [2.24, 2.45) is 0 Å². The summed E-state index contributed by atoms with van der Waals surface area (Å²) in [6, 6.07) is 13.4. The third-order valence-corrected chi connectivity index (χ3v) is 6.56. The lowest BCUT2D eigenvalue weighted by atomic mass is 10.0. The molecule has 0 bridgehead atoms. The van der Waals surface area contributed by atoms with Crippen molar-refractivity contribution in [1.29, 1.82) is 0 Å². The van der Waals surface area contributed by atoms with Crippen LogP contribution in [0.1, 0.15) is 40.0 Å². The number of rotatable bonds is 9. The predicted octanol–water partition coefficient (Wildman–Crippen LogP) is 5.61. The molecule has 3 aromatic heterocycles. The molecule has 1 fully saturated rings. The van der Waals surface area contributed by atoms with Gasteiger partial charge in [-0.05, 0) is 55.5 Å². The van der Waals surface area contributed by atoms with Gasteiger partial charge < -0.3 is 20.3 Å². The van der Waals surface area contributed by atoms with Crippen LogP contribution in [0.15, 0.2) is 60.9 Å². The Kier molecular flexibility index (Phi) is 7.85. The van der Waals surface area contributed by atoms with Crippen molar-refractivity contribution >= 4 is 28.9 Å². The number of nitrogens with one attached hydrogen (secondary N) is 3. The number of H-pyrrole nitrogens is 1. The summed E-state index contributed by atoms with van der Waals surface area (Å²) in [5, 5.41) is 13.0. The molecule has 0 saturated carbocycles. The van der Waals surface area contributed by atoms with Crippen molar-refractivity contribution in [3.63, 3.8) is 0 Å². The quantitative estimate of drug-likeness (QED) is 0.248. The van der Waals surface area contributed by atoms with Gasteiger partial charge in [0.2, 0.25) is 5.88 Å². The van der Waals surface area contributed by atoms with E-state index in [0.717, 1.165) is 35.9 Å². The molecule has 9 nitrogen and oxygen atoms in total. The van der Waals surface area contributed by atoms with E-state index >= 15 is 0 Å². The SMILES string of the molecule is COc1ccc(Nc2cc(CCc3cccc(C(=O)Nc4cnc(N5CCCC5)c(C(F)(F)F)c4)c3)[nH]n2)cn1. The molecular formula is C28H28F3N7O2. The second-order valence-electron chi connectivity index (χ2n) is 9.43. The van der Waals surface area contributed by atoms with Crippen molar-refractivity contribution in [2.75, 3.05) is 35.7 Å². The molecule has 1 saturated heterocycles. The molecule has 1 aliphatic rings. The van der Waals surface area contributed by atoms with Crippen molar-refractivity contribution in [3.8, 4) is 5.88 Å². The van der Waals surface area contributed by atoms with Crippen molar-refractivity contribution in [3.05, 3.63) is 83.3 Å². The fraction of sp³-hybridized carbons (Fsp3) is 0.286. The average Bonchev–Trinajstić information content (AvgIpc) is 3.65. The molecule has 0 spiro atoms. The third-order valence-electron chi connectivity index (χ3n) is 6.56. The molecule has 4 aromatic rings. The maximum atomic E-state index is 13.8. The molecular weight excluding hydrogens is 523 g/mol. The third kappa shape index (κ3) is 6.50. The Balaban J connectivity index is 1.21. The van der Waals surface area contributed by atoms with Crippen LogP contribution in [0.2, 0.25) is 0 Å². The number of aryl methyl sites for hydroxylation is 2. The summed E-state index contributed by atoms with van der Waals surface area (Å²) in [5.74, 6) is 0.551. The van der Waals surface area contributed by atoms with Gasteiger partial charge in [-0.2, -0.15) is 18.3 Å². The van der Waals surface area contributed by atoms with E-state index in [9.17, 15) is 18.0 Å². The van der Waals surface area contributed by atoms with Gasteiger partial charge >= 0.3 is 6.18 Å². The van der Waals surface area contributed by atoms with Gasteiger partial charge in [0.15, 0.2) is 5.82 Å². The molecule has 3 N–H and O–H groups in total. The summed E-state index contributed by atoms with van der Waals surface area (Å²) in [5.41, 5.74) is 2.04. The van der Waals surface area contributed by atoms with E-state index in [1.54, 1.807) is 42.5 Å². The van der Waals surface area contributed by atoms with Gasteiger partial charge in [0.1, 0.15) is 11.4 Å². The Morgan fingerprint density at radius 1 is 1.02 bits per heavy atom. The summed E-state index contributed by atoms with van der Waals surface area (Å²) in [7, 11) is 1.55. The number of pyridine rings is 2. The number of methoxy groups -OCH3 is 1. The molecule has 0 unspecified atom stereocenters. The number of ether oxygens (including phenoxy) is 1. The van der Waals surface area contributed by atoms with Crippen molar-refractivity contribution in [2.45, 2.75) is 31.9 Å². The number of benzene rings is 1. The molecule has 4 heterocycles. The summed E-state index contributed by atoms with van der Waals surface area (Å²) < 4.78 is 46.3. The van der Waals surface area contributed by atoms with E-state index in [-0.39, 0.29) is 11.5 Å². The summed E-state index contributed by atoms with van der Waals surface area (Å²) in [6.45, 7) is 1.07. The minimum absolute atomic E-state index is 0.00442. The molecule has 1 aliphatic heterocycles. The Labute approximate surface area is 228 Å². The second kappa shape index (κ2) is 11.6. The number of alkyl halides is 3. The lowest BCUT2D eigenvalue weighted by Gasteiger charge is -2.22. The standard InChI is InChI=1S/C28H28F3N7O2/c1-40-25-10-9-21(16-32-25)34-24-15-20(36-37-24)8-7-18-5-4-6-19(13-18)27(39)35-22-14-23(28(29,30)31)26(33-17-22)38-11-2-3-12-38/h4-6,9-10,13-17H,2-3,7-8,11-12H2,1H3,(H,35,39)(H2,34,36,37). The van der Waals surface area contributed by atoms with Crippen LogP contribution >= 0.6 is 0 Å². The predicted molar refractivity (Wildman–Crippen MR) is 145 cm³/mol. The van der Waals surface area contributed by atoms with Gasteiger partial charge in [-0.3, -0.25) is 9.89 Å². The first-order valence-electron chi connectivity index (χ1n) is 12.8. The number of amides is 1. The van der Waals surface area contributed by atoms with Crippen molar-refractivity contribution < 1.29 is 22.7 Å². The maximum absolute atomic E-state index is 13.8. The van der Waals surface area contributed by atoms with E-state index in [1.165, 1.54) is 6.20 Å². The molecule has 0 radical (unpaired) electrons. The number of aromatic amines is 1. The van der Waals surface area contributed by atoms with Gasteiger partial charge in [-0.25, -0.2) is 9.97 Å². The van der Waals surface area contributed by atoms with E-state index < -0.39 is 17.6 Å². The fourth-order valence-electron chi connectivity index (χ4n) is 4.54. The van der Waals surface area contributed by atoms with Gasteiger partial charge in [-0.15, -0.1) is 0 Å². The van der Waals surface area contributed by atoms with Crippen LogP contribution in [0, 0.1) is 0 Å². The lowest BCUT2D eigenvalue weighted by molar-refractivity contribution is -0.137. The van der Waals surface area contributed by atoms with Gasteiger partial charge in [-0.1, -0.05) is 12.1 Å². The molecule has 40 heavy (non-hydrogen) atoms. The Morgan fingerprint density at radius 3 is 2.55 bits per heavy atom. The van der Waals surface area contributed by atoms with Crippen molar-refractivity contribution in [1.82, 2.24) is 20.2 Å². The summed E-state index contributed by atoms with van der Waals surface area (Å²) in [6.07, 6.45) is 1.25. The van der Waals surface area contributed by atoms with Gasteiger partial charge in [0, 0.05) is 36.5 Å². The van der Waals surface area contributed by atoms with Crippen LogP contribution in [-0.4, -0.2) is 46.3 Å². The maximum Gasteiger partial charge on any atom is 0.420 e. The zero-order valence-electron chi connectivity index (χ0n) is 21.8. The first-order chi connectivity index (χ1) is 19.3. The number of hydrogen-bond acceptors (Lipinski definition) is 7. The molecule has 0 atom stereocenters. The lowest BCUT2D eigenvalue weighted by Crippen LogP contribution is -2.24. The molecule has 1 amide bonds. The smallest absolute Gasteiger partial charge is 0.420 e. The number of halogens is 3. The van der Waals surface area contributed by atoms with Gasteiger partial charge in [0.05, 0.1) is 30.9 Å². The number of hydrogen-bond donors (Lipinski definition) is 3. The van der Waals surface area contributed by atoms with E-state index in [0.29, 0.717) is 43.2 Å². The topological polar surface area (TPSA) is 108 Å². The Bertz CT molecular complexity index is 1470. The zero-order chi connectivity index (χ0) is 28.1. The number of nitrogens with zero attached hydrogens (tertiary/aromatic N) is 4. The van der Waals surface area contributed by atoms with Crippen LogP contribution < -0.4 is 20.3 Å². The number of carbonyl (C=O) groups is 1. The van der Waals surface area contributed by atoms with Crippen LogP contribution in [0.3, 0.4) is 0 Å². The van der Waals surface area contributed by atoms with Crippen LogP contribution in [-0.2, 0) is 19.0 Å². The zero-order valence-corrected chi connectivity index (χ0v) is 21.8. The molecule has 12 heteroatoms. The summed E-state index contributed by atoms with van der Waals surface area (Å²) >= 11 is 0. The highest BCUT2D eigenvalue weighted by molar-refractivity contribution is 6.04. The Hall–Kier alpha value is -4.61. The van der Waals surface area contributed by atoms with E-state index in [1.807, 2.05) is 18.2 Å². The molecule has 1 aromatic carbocycles. The first-order valence-corrected chi connectivity index (χ1v) is 12.8. The summed E-state index contributed by atoms with van der Waals surface area (Å²) in [4.78, 5) is 22.7. The number of aromatic nitrogens is 4. The van der Waals surface area contributed by atoms with Crippen LogP contribution in [0.25, 0.3) is 0 Å². The second-order valence-corrected chi connectivity index (χ2v) is 9.43. The highest BCUT2D eigenvalue weighted by Gasteiger charge is 2.37.